The van der Waals surface area contributed by atoms with E-state index in [-0.39, 0.29) is 12.6 Å². The SMILES string of the molecule is COc1ccc(Cn2ncc3c(CO)cc(N4CCOCC4C)nc32)c(OC)c1. The van der Waals surface area contributed by atoms with E-state index in [1.165, 1.54) is 0 Å². The summed E-state index contributed by atoms with van der Waals surface area (Å²) in [5.41, 5.74) is 2.52. The zero-order valence-electron chi connectivity index (χ0n) is 17.0. The van der Waals surface area contributed by atoms with Crippen LogP contribution in [0.15, 0.2) is 30.5 Å². The number of hydrogen-bond acceptors (Lipinski definition) is 7. The lowest BCUT2D eigenvalue weighted by atomic mass is 10.1. The van der Waals surface area contributed by atoms with Gasteiger partial charge in [-0.25, -0.2) is 9.67 Å². The number of pyridine rings is 1. The number of aliphatic hydroxyl groups excluding tert-OH is 1. The molecule has 154 valence electrons. The number of ether oxygens (including phenoxy) is 3. The topological polar surface area (TPSA) is 81.9 Å². The summed E-state index contributed by atoms with van der Waals surface area (Å²) in [5.74, 6) is 2.30. The fourth-order valence-electron chi connectivity index (χ4n) is 3.70. The zero-order chi connectivity index (χ0) is 20.4. The van der Waals surface area contributed by atoms with Crippen molar-refractivity contribution in [2.45, 2.75) is 26.1 Å². The second kappa shape index (κ2) is 8.26. The summed E-state index contributed by atoms with van der Waals surface area (Å²) in [6.07, 6.45) is 1.76. The van der Waals surface area contributed by atoms with Gasteiger partial charge in [0.05, 0.1) is 52.8 Å². The molecule has 1 unspecified atom stereocenters. The van der Waals surface area contributed by atoms with E-state index >= 15 is 0 Å². The molecular weight excluding hydrogens is 372 g/mol. The van der Waals surface area contributed by atoms with Gasteiger partial charge in [-0.15, -0.1) is 0 Å². The van der Waals surface area contributed by atoms with Gasteiger partial charge in [0.1, 0.15) is 17.3 Å². The second-order valence-corrected chi connectivity index (χ2v) is 7.13. The number of morpholine rings is 1. The fraction of sp³-hybridized carbons (Fsp3) is 0.429. The standard InChI is InChI=1S/C21H26N4O4/c1-14-13-29-7-6-24(14)20-8-16(12-26)18-10-22-25(21(18)23-20)11-15-4-5-17(27-2)9-19(15)28-3/h4-5,8-10,14,26H,6-7,11-13H2,1-3H3. The monoisotopic (exact) mass is 398 g/mol. The lowest BCUT2D eigenvalue weighted by Gasteiger charge is -2.34. The average Bonchev–Trinajstić information content (AvgIpc) is 3.16. The predicted molar refractivity (Wildman–Crippen MR) is 110 cm³/mol. The number of benzene rings is 1. The van der Waals surface area contributed by atoms with Crippen molar-refractivity contribution in [3.05, 3.63) is 41.6 Å². The number of anilines is 1. The number of fused-ring (bicyclic) bond motifs is 1. The first kappa shape index (κ1) is 19.5. The van der Waals surface area contributed by atoms with Gasteiger partial charge in [0.15, 0.2) is 5.65 Å². The molecule has 0 radical (unpaired) electrons. The molecule has 0 saturated carbocycles. The van der Waals surface area contributed by atoms with Crippen molar-refractivity contribution >= 4 is 16.9 Å². The highest BCUT2D eigenvalue weighted by Gasteiger charge is 2.22. The zero-order valence-corrected chi connectivity index (χ0v) is 17.0. The van der Waals surface area contributed by atoms with Crippen LogP contribution in [0, 0.1) is 0 Å². The van der Waals surface area contributed by atoms with E-state index in [1.54, 1.807) is 20.4 Å². The Kier molecular flexibility index (Phi) is 5.55. The van der Waals surface area contributed by atoms with Crippen molar-refractivity contribution in [1.29, 1.82) is 0 Å². The first-order valence-corrected chi connectivity index (χ1v) is 9.66. The molecule has 0 bridgehead atoms. The normalized spacial score (nSPS) is 17.0. The highest BCUT2D eigenvalue weighted by Crippen LogP contribution is 2.28. The van der Waals surface area contributed by atoms with Crippen molar-refractivity contribution in [3.63, 3.8) is 0 Å². The van der Waals surface area contributed by atoms with Gasteiger partial charge >= 0.3 is 0 Å². The van der Waals surface area contributed by atoms with Gasteiger partial charge in [-0.3, -0.25) is 0 Å². The molecule has 1 aliphatic heterocycles. The van der Waals surface area contributed by atoms with Crippen LogP contribution in [0.3, 0.4) is 0 Å². The smallest absolute Gasteiger partial charge is 0.160 e. The molecule has 1 aromatic carbocycles. The Balaban J connectivity index is 1.75. The first-order chi connectivity index (χ1) is 14.1. The number of methoxy groups -OCH3 is 2. The Labute approximate surface area is 169 Å². The largest absolute Gasteiger partial charge is 0.497 e. The van der Waals surface area contributed by atoms with E-state index in [0.717, 1.165) is 46.0 Å². The van der Waals surface area contributed by atoms with E-state index < -0.39 is 0 Å². The summed E-state index contributed by atoms with van der Waals surface area (Å²) in [5, 5.41) is 15.3. The lowest BCUT2D eigenvalue weighted by Crippen LogP contribution is -2.44. The number of hydrogen-bond donors (Lipinski definition) is 1. The lowest BCUT2D eigenvalue weighted by molar-refractivity contribution is 0.0985. The second-order valence-electron chi connectivity index (χ2n) is 7.13. The van der Waals surface area contributed by atoms with Crippen LogP contribution in [0.1, 0.15) is 18.1 Å². The van der Waals surface area contributed by atoms with E-state index in [0.29, 0.717) is 19.8 Å². The van der Waals surface area contributed by atoms with E-state index in [9.17, 15) is 5.11 Å². The van der Waals surface area contributed by atoms with Crippen LogP contribution < -0.4 is 14.4 Å². The van der Waals surface area contributed by atoms with Crippen LogP contribution in [0.2, 0.25) is 0 Å². The van der Waals surface area contributed by atoms with Crippen molar-refractivity contribution in [2.75, 3.05) is 38.9 Å². The highest BCUT2D eigenvalue weighted by molar-refractivity contribution is 5.81. The summed E-state index contributed by atoms with van der Waals surface area (Å²) < 4.78 is 18.2. The number of aliphatic hydroxyl groups is 1. The molecule has 1 N–H and O–H groups in total. The van der Waals surface area contributed by atoms with Gasteiger partial charge in [0.25, 0.3) is 0 Å². The number of rotatable bonds is 6. The first-order valence-electron chi connectivity index (χ1n) is 9.66. The fourth-order valence-corrected chi connectivity index (χ4v) is 3.70. The molecule has 0 spiro atoms. The minimum Gasteiger partial charge on any atom is -0.497 e. The molecule has 0 amide bonds. The third kappa shape index (κ3) is 3.73. The predicted octanol–water partition coefficient (Wildman–Crippen LogP) is 2.21. The minimum absolute atomic E-state index is 0.0672. The van der Waals surface area contributed by atoms with Gasteiger partial charge in [-0.05, 0) is 30.7 Å². The molecule has 4 rings (SSSR count). The Morgan fingerprint density at radius 2 is 2.07 bits per heavy atom. The maximum Gasteiger partial charge on any atom is 0.160 e. The highest BCUT2D eigenvalue weighted by atomic mass is 16.5. The summed E-state index contributed by atoms with van der Waals surface area (Å²) in [7, 11) is 3.27. The van der Waals surface area contributed by atoms with Gasteiger partial charge < -0.3 is 24.2 Å². The molecule has 1 atom stereocenters. The summed E-state index contributed by atoms with van der Waals surface area (Å²) >= 11 is 0. The Hall–Kier alpha value is -2.84. The molecule has 3 aromatic rings. The molecule has 1 aliphatic rings. The van der Waals surface area contributed by atoms with Crippen molar-refractivity contribution in [2.24, 2.45) is 0 Å². The van der Waals surface area contributed by atoms with Crippen molar-refractivity contribution in [3.8, 4) is 11.5 Å². The quantitative estimate of drug-likeness (QED) is 0.682. The molecule has 3 heterocycles. The van der Waals surface area contributed by atoms with Crippen molar-refractivity contribution < 1.29 is 19.3 Å². The number of nitrogens with zero attached hydrogens (tertiary/aromatic N) is 4. The number of aromatic nitrogens is 3. The van der Waals surface area contributed by atoms with Crippen LogP contribution in [-0.2, 0) is 17.9 Å². The average molecular weight is 398 g/mol. The Bertz CT molecular complexity index is 1000. The summed E-state index contributed by atoms with van der Waals surface area (Å²) in [6.45, 7) is 4.64. The molecule has 0 aliphatic carbocycles. The summed E-state index contributed by atoms with van der Waals surface area (Å²) in [6, 6.07) is 7.89. The van der Waals surface area contributed by atoms with Crippen molar-refractivity contribution in [1.82, 2.24) is 14.8 Å². The van der Waals surface area contributed by atoms with Gasteiger partial charge in [0.2, 0.25) is 0 Å². The Morgan fingerprint density at radius 3 is 2.79 bits per heavy atom. The third-order valence-electron chi connectivity index (χ3n) is 5.33. The van der Waals surface area contributed by atoms with Crippen LogP contribution in [0.25, 0.3) is 11.0 Å². The van der Waals surface area contributed by atoms with Crippen LogP contribution in [0.5, 0.6) is 11.5 Å². The maximum atomic E-state index is 9.92. The van der Waals surface area contributed by atoms with Gasteiger partial charge in [-0.1, -0.05) is 0 Å². The molecule has 1 saturated heterocycles. The Morgan fingerprint density at radius 1 is 1.21 bits per heavy atom. The molecule has 2 aromatic heterocycles. The van der Waals surface area contributed by atoms with Crippen LogP contribution in [-0.4, -0.2) is 59.9 Å². The van der Waals surface area contributed by atoms with E-state index in [2.05, 4.69) is 16.9 Å². The minimum atomic E-state index is -0.0672. The third-order valence-corrected chi connectivity index (χ3v) is 5.33. The van der Waals surface area contributed by atoms with Gasteiger partial charge in [0, 0.05) is 23.6 Å². The van der Waals surface area contributed by atoms with Crippen LogP contribution >= 0.6 is 0 Å². The molecule has 8 nitrogen and oxygen atoms in total. The molecule has 29 heavy (non-hydrogen) atoms. The van der Waals surface area contributed by atoms with Gasteiger partial charge in [-0.2, -0.15) is 5.10 Å². The summed E-state index contributed by atoms with van der Waals surface area (Å²) in [4.78, 5) is 7.11. The molecular formula is C21H26N4O4. The molecule has 8 heteroatoms. The van der Waals surface area contributed by atoms with E-state index in [1.807, 2.05) is 28.9 Å². The maximum absolute atomic E-state index is 9.92. The molecule has 1 fully saturated rings. The van der Waals surface area contributed by atoms with E-state index in [4.69, 9.17) is 19.2 Å². The van der Waals surface area contributed by atoms with Crippen LogP contribution in [0.4, 0.5) is 5.82 Å².